The van der Waals surface area contributed by atoms with E-state index in [-0.39, 0.29) is 11.8 Å². The van der Waals surface area contributed by atoms with Crippen molar-refractivity contribution in [3.8, 4) is 0 Å². The summed E-state index contributed by atoms with van der Waals surface area (Å²) < 4.78 is 4.65. The average molecular weight is 340 g/mol. The second kappa shape index (κ2) is 8.10. The van der Waals surface area contributed by atoms with Gasteiger partial charge in [-0.1, -0.05) is 18.2 Å². The first-order valence-corrected chi connectivity index (χ1v) is 7.69. The molecule has 6 nitrogen and oxygen atoms in total. The number of carbonyl (C=O) groups excluding carboxylic acids is 3. The SMILES string of the molecule is COC(=O)c1cccc(C(=O)Nc2ccc(CC(=O)N(C)C)cc2)c1. The number of hydrogen-bond acceptors (Lipinski definition) is 4. The van der Waals surface area contributed by atoms with E-state index in [2.05, 4.69) is 10.1 Å². The van der Waals surface area contributed by atoms with Crippen LogP contribution in [0.5, 0.6) is 0 Å². The maximum atomic E-state index is 12.3. The van der Waals surface area contributed by atoms with Crippen molar-refractivity contribution in [3.05, 3.63) is 65.2 Å². The van der Waals surface area contributed by atoms with Gasteiger partial charge in [0.05, 0.1) is 19.1 Å². The van der Waals surface area contributed by atoms with Crippen molar-refractivity contribution in [1.82, 2.24) is 4.90 Å². The van der Waals surface area contributed by atoms with Crippen molar-refractivity contribution in [3.63, 3.8) is 0 Å². The second-order valence-electron chi connectivity index (χ2n) is 5.69. The van der Waals surface area contributed by atoms with Gasteiger partial charge in [0.1, 0.15) is 0 Å². The fourth-order valence-corrected chi connectivity index (χ4v) is 2.15. The van der Waals surface area contributed by atoms with Gasteiger partial charge in [0.25, 0.3) is 5.91 Å². The van der Waals surface area contributed by atoms with Gasteiger partial charge in [0.15, 0.2) is 0 Å². The normalized spacial score (nSPS) is 10.0. The van der Waals surface area contributed by atoms with Crippen LogP contribution in [0.2, 0.25) is 0 Å². The van der Waals surface area contributed by atoms with E-state index in [4.69, 9.17) is 0 Å². The highest BCUT2D eigenvalue weighted by Crippen LogP contribution is 2.13. The van der Waals surface area contributed by atoms with E-state index in [1.807, 2.05) is 0 Å². The Morgan fingerprint density at radius 3 is 2.24 bits per heavy atom. The molecule has 0 bridgehead atoms. The van der Waals surface area contributed by atoms with Gasteiger partial charge in [-0.15, -0.1) is 0 Å². The summed E-state index contributed by atoms with van der Waals surface area (Å²) in [5, 5.41) is 2.76. The number of hydrogen-bond donors (Lipinski definition) is 1. The quantitative estimate of drug-likeness (QED) is 0.848. The zero-order valence-corrected chi connectivity index (χ0v) is 14.4. The average Bonchev–Trinajstić information content (AvgIpc) is 2.62. The maximum absolute atomic E-state index is 12.3. The van der Waals surface area contributed by atoms with Crippen LogP contribution in [0.25, 0.3) is 0 Å². The predicted molar refractivity (Wildman–Crippen MR) is 94.6 cm³/mol. The number of benzene rings is 2. The smallest absolute Gasteiger partial charge is 0.337 e. The van der Waals surface area contributed by atoms with Crippen LogP contribution in [0.4, 0.5) is 5.69 Å². The first-order chi connectivity index (χ1) is 11.9. The summed E-state index contributed by atoms with van der Waals surface area (Å²) in [6.45, 7) is 0. The van der Waals surface area contributed by atoms with Crippen molar-refractivity contribution in [2.45, 2.75) is 6.42 Å². The first-order valence-electron chi connectivity index (χ1n) is 7.69. The van der Waals surface area contributed by atoms with Crippen molar-refractivity contribution < 1.29 is 19.1 Å². The van der Waals surface area contributed by atoms with Gasteiger partial charge in [0.2, 0.25) is 5.91 Å². The lowest BCUT2D eigenvalue weighted by Crippen LogP contribution is -2.23. The molecule has 0 aliphatic carbocycles. The van der Waals surface area contributed by atoms with Gasteiger partial charge in [-0.05, 0) is 35.9 Å². The van der Waals surface area contributed by atoms with Crippen molar-refractivity contribution in [2.75, 3.05) is 26.5 Å². The zero-order chi connectivity index (χ0) is 18.4. The number of carbonyl (C=O) groups is 3. The van der Waals surface area contributed by atoms with Crippen molar-refractivity contribution in [2.24, 2.45) is 0 Å². The first kappa shape index (κ1) is 18.2. The molecule has 1 N–H and O–H groups in total. The molecule has 6 heteroatoms. The number of rotatable bonds is 5. The Labute approximate surface area is 146 Å². The van der Waals surface area contributed by atoms with E-state index < -0.39 is 5.97 Å². The Bertz CT molecular complexity index is 782. The van der Waals surface area contributed by atoms with Crippen LogP contribution >= 0.6 is 0 Å². The van der Waals surface area contributed by atoms with E-state index >= 15 is 0 Å². The molecule has 0 unspecified atom stereocenters. The summed E-state index contributed by atoms with van der Waals surface area (Å²) in [4.78, 5) is 37.1. The third-order valence-electron chi connectivity index (χ3n) is 3.61. The van der Waals surface area contributed by atoms with E-state index in [9.17, 15) is 14.4 Å². The fraction of sp³-hybridized carbons (Fsp3) is 0.211. The molecule has 2 amide bonds. The molecule has 2 rings (SSSR count). The number of nitrogens with one attached hydrogen (secondary N) is 1. The predicted octanol–water partition coefficient (Wildman–Crippen LogP) is 2.36. The summed E-state index contributed by atoms with van der Waals surface area (Å²) >= 11 is 0. The van der Waals surface area contributed by atoms with Crippen LogP contribution < -0.4 is 5.32 Å². The monoisotopic (exact) mass is 340 g/mol. The summed E-state index contributed by atoms with van der Waals surface area (Å²) in [6, 6.07) is 13.4. The molecular formula is C19H20N2O4. The largest absolute Gasteiger partial charge is 0.465 e. The third-order valence-corrected chi connectivity index (χ3v) is 3.61. The lowest BCUT2D eigenvalue weighted by Gasteiger charge is -2.11. The molecule has 0 fully saturated rings. The van der Waals surface area contributed by atoms with Crippen molar-refractivity contribution >= 4 is 23.5 Å². The minimum atomic E-state index is -0.496. The number of anilines is 1. The molecule has 2 aromatic carbocycles. The Morgan fingerprint density at radius 1 is 1.00 bits per heavy atom. The number of likely N-dealkylation sites (N-methyl/N-ethyl adjacent to an activating group) is 1. The molecule has 25 heavy (non-hydrogen) atoms. The number of methoxy groups -OCH3 is 1. The molecule has 0 aliphatic rings. The Kier molecular flexibility index (Phi) is 5.89. The number of ether oxygens (including phenoxy) is 1. The Morgan fingerprint density at radius 2 is 1.64 bits per heavy atom. The van der Waals surface area contributed by atoms with Gasteiger partial charge in [-0.2, -0.15) is 0 Å². The number of nitrogens with zero attached hydrogens (tertiary/aromatic N) is 1. The minimum absolute atomic E-state index is 0.0106. The lowest BCUT2D eigenvalue weighted by molar-refractivity contribution is -0.127. The molecular weight excluding hydrogens is 320 g/mol. The Balaban J connectivity index is 2.06. The van der Waals surface area contributed by atoms with Gasteiger partial charge >= 0.3 is 5.97 Å². The molecule has 0 radical (unpaired) electrons. The van der Waals surface area contributed by atoms with Crippen LogP contribution in [-0.4, -0.2) is 43.9 Å². The van der Waals surface area contributed by atoms with Gasteiger partial charge in [-0.3, -0.25) is 9.59 Å². The van der Waals surface area contributed by atoms with Crippen LogP contribution in [0.3, 0.4) is 0 Å². The van der Waals surface area contributed by atoms with E-state index in [0.717, 1.165) is 5.56 Å². The zero-order valence-electron chi connectivity index (χ0n) is 14.4. The lowest BCUT2D eigenvalue weighted by atomic mass is 10.1. The summed E-state index contributed by atoms with van der Waals surface area (Å²) in [6.07, 6.45) is 0.308. The maximum Gasteiger partial charge on any atom is 0.337 e. The topological polar surface area (TPSA) is 75.7 Å². The molecule has 2 aromatic rings. The highest BCUT2D eigenvalue weighted by atomic mass is 16.5. The third kappa shape index (κ3) is 4.91. The standard InChI is InChI=1S/C19H20N2O4/c1-21(2)17(22)11-13-7-9-16(10-8-13)20-18(23)14-5-4-6-15(12-14)19(24)25-3/h4-10,12H,11H2,1-3H3,(H,20,23). The van der Waals surface area contributed by atoms with E-state index in [1.165, 1.54) is 18.1 Å². The van der Waals surface area contributed by atoms with Crippen LogP contribution in [0.15, 0.2) is 48.5 Å². The molecule has 0 atom stereocenters. The molecule has 0 aromatic heterocycles. The molecule has 0 aliphatic heterocycles. The van der Waals surface area contributed by atoms with E-state index in [1.54, 1.807) is 56.6 Å². The minimum Gasteiger partial charge on any atom is -0.465 e. The van der Waals surface area contributed by atoms with Crippen LogP contribution in [0, 0.1) is 0 Å². The summed E-state index contributed by atoms with van der Waals surface area (Å²) in [5.74, 6) is -0.816. The van der Waals surface area contributed by atoms with Crippen molar-refractivity contribution in [1.29, 1.82) is 0 Å². The highest BCUT2D eigenvalue weighted by molar-refractivity contribution is 6.05. The number of esters is 1. The van der Waals surface area contributed by atoms with Crippen LogP contribution in [-0.2, 0) is 16.0 Å². The summed E-state index contributed by atoms with van der Waals surface area (Å²) in [7, 11) is 4.70. The van der Waals surface area contributed by atoms with Gasteiger partial charge in [0, 0.05) is 25.3 Å². The fourth-order valence-electron chi connectivity index (χ4n) is 2.15. The summed E-state index contributed by atoms with van der Waals surface area (Å²) in [5.41, 5.74) is 2.14. The van der Waals surface area contributed by atoms with Gasteiger partial charge < -0.3 is 15.0 Å². The Hall–Kier alpha value is -3.15. The molecule has 130 valence electrons. The van der Waals surface area contributed by atoms with Crippen LogP contribution in [0.1, 0.15) is 26.3 Å². The van der Waals surface area contributed by atoms with E-state index in [0.29, 0.717) is 23.2 Å². The van der Waals surface area contributed by atoms with Gasteiger partial charge in [-0.25, -0.2) is 4.79 Å². The highest BCUT2D eigenvalue weighted by Gasteiger charge is 2.11. The molecule has 0 saturated heterocycles. The molecule has 0 saturated carbocycles. The molecule has 0 heterocycles. The number of amides is 2. The second-order valence-corrected chi connectivity index (χ2v) is 5.69. The molecule has 0 spiro atoms.